The lowest BCUT2D eigenvalue weighted by Crippen LogP contribution is -2.59. The molecule has 2 N–H and O–H groups in total. The van der Waals surface area contributed by atoms with Crippen LogP contribution in [0.25, 0.3) is 0 Å². The van der Waals surface area contributed by atoms with Crippen molar-refractivity contribution in [2.45, 2.75) is 45.9 Å². The molecule has 1 aromatic carbocycles. The zero-order chi connectivity index (χ0) is 12.6. The first-order valence-electron chi connectivity index (χ1n) is 6.07. The average Bonchev–Trinajstić information content (AvgIpc) is 2.26. The van der Waals surface area contributed by atoms with Gasteiger partial charge in [-0.3, -0.25) is 0 Å². The molecule has 0 radical (unpaired) electrons. The molecular weight excluding hydrogens is 234 g/mol. The summed E-state index contributed by atoms with van der Waals surface area (Å²) in [7, 11) is 0. The van der Waals surface area contributed by atoms with Crippen LogP contribution in [0, 0.1) is 12.3 Å². The molecule has 1 aliphatic rings. The molecule has 0 aromatic heterocycles. The van der Waals surface area contributed by atoms with Crippen LogP contribution in [0.2, 0.25) is 5.02 Å². The summed E-state index contributed by atoms with van der Waals surface area (Å²) in [5.41, 5.74) is 2.47. The number of aliphatic hydroxyl groups excluding tert-OH is 1. The van der Waals surface area contributed by atoms with Gasteiger partial charge in [0.15, 0.2) is 0 Å². The molecule has 1 aromatic rings. The van der Waals surface area contributed by atoms with E-state index in [1.165, 1.54) is 11.1 Å². The fourth-order valence-corrected chi connectivity index (χ4v) is 2.57. The van der Waals surface area contributed by atoms with Crippen LogP contribution < -0.4 is 5.32 Å². The van der Waals surface area contributed by atoms with Crippen molar-refractivity contribution in [1.29, 1.82) is 0 Å². The first-order chi connectivity index (χ1) is 7.91. The van der Waals surface area contributed by atoms with E-state index >= 15 is 0 Å². The van der Waals surface area contributed by atoms with Crippen molar-refractivity contribution in [3.05, 3.63) is 34.3 Å². The number of benzene rings is 1. The van der Waals surface area contributed by atoms with Gasteiger partial charge in [-0.1, -0.05) is 31.5 Å². The molecule has 0 aliphatic heterocycles. The van der Waals surface area contributed by atoms with Crippen molar-refractivity contribution >= 4 is 11.6 Å². The lowest BCUT2D eigenvalue weighted by Gasteiger charge is -2.49. The van der Waals surface area contributed by atoms with E-state index in [4.69, 9.17) is 11.6 Å². The molecule has 2 unspecified atom stereocenters. The molecule has 0 spiro atoms. The summed E-state index contributed by atoms with van der Waals surface area (Å²) >= 11 is 5.93. The highest BCUT2D eigenvalue weighted by atomic mass is 35.5. The van der Waals surface area contributed by atoms with Crippen LogP contribution in [0.3, 0.4) is 0 Å². The SMILES string of the molecule is Cc1cc(Cl)ccc1CNC1CC(O)C1(C)C. The Balaban J connectivity index is 1.95. The van der Waals surface area contributed by atoms with Gasteiger partial charge in [0.25, 0.3) is 0 Å². The molecule has 2 rings (SSSR count). The molecule has 1 aliphatic carbocycles. The zero-order valence-electron chi connectivity index (χ0n) is 10.6. The number of nitrogens with one attached hydrogen (secondary N) is 1. The number of hydrogen-bond donors (Lipinski definition) is 2. The third-order valence-electron chi connectivity index (χ3n) is 4.06. The summed E-state index contributed by atoms with van der Waals surface area (Å²) in [6.07, 6.45) is 0.672. The third-order valence-corrected chi connectivity index (χ3v) is 4.29. The fourth-order valence-electron chi connectivity index (χ4n) is 2.34. The Morgan fingerprint density at radius 1 is 1.47 bits per heavy atom. The topological polar surface area (TPSA) is 32.3 Å². The van der Waals surface area contributed by atoms with Crippen LogP contribution in [0.1, 0.15) is 31.4 Å². The summed E-state index contributed by atoms with van der Waals surface area (Å²) in [6, 6.07) is 6.37. The van der Waals surface area contributed by atoms with E-state index in [0.717, 1.165) is 18.0 Å². The Labute approximate surface area is 108 Å². The molecule has 0 saturated heterocycles. The second kappa shape index (κ2) is 4.60. The van der Waals surface area contributed by atoms with Crippen molar-refractivity contribution < 1.29 is 5.11 Å². The Morgan fingerprint density at radius 3 is 2.71 bits per heavy atom. The van der Waals surface area contributed by atoms with Crippen molar-refractivity contribution in [3.8, 4) is 0 Å². The normalized spacial score (nSPS) is 26.6. The van der Waals surface area contributed by atoms with Gasteiger partial charge >= 0.3 is 0 Å². The second-order valence-electron chi connectivity index (χ2n) is 5.58. The minimum absolute atomic E-state index is 0.0136. The highest BCUT2D eigenvalue weighted by molar-refractivity contribution is 6.30. The van der Waals surface area contributed by atoms with E-state index in [2.05, 4.69) is 32.2 Å². The van der Waals surface area contributed by atoms with Crippen molar-refractivity contribution in [1.82, 2.24) is 5.32 Å². The Morgan fingerprint density at radius 2 is 2.18 bits per heavy atom. The van der Waals surface area contributed by atoms with Crippen LogP contribution >= 0.6 is 11.6 Å². The van der Waals surface area contributed by atoms with Crippen molar-refractivity contribution in [2.24, 2.45) is 5.41 Å². The number of rotatable bonds is 3. The van der Waals surface area contributed by atoms with Gasteiger partial charge in [-0.05, 0) is 36.6 Å². The van der Waals surface area contributed by atoms with Gasteiger partial charge in [0.1, 0.15) is 0 Å². The predicted octanol–water partition coefficient (Wildman–Crippen LogP) is 2.90. The Kier molecular flexibility index (Phi) is 3.48. The van der Waals surface area contributed by atoms with E-state index in [0.29, 0.717) is 6.04 Å². The second-order valence-corrected chi connectivity index (χ2v) is 6.01. The van der Waals surface area contributed by atoms with Gasteiger partial charge in [-0.25, -0.2) is 0 Å². The quantitative estimate of drug-likeness (QED) is 0.868. The largest absolute Gasteiger partial charge is 0.392 e. The zero-order valence-corrected chi connectivity index (χ0v) is 11.4. The summed E-state index contributed by atoms with van der Waals surface area (Å²) in [5, 5.41) is 14.0. The van der Waals surface area contributed by atoms with Crippen LogP contribution in [0.15, 0.2) is 18.2 Å². The molecule has 2 atom stereocenters. The first-order valence-corrected chi connectivity index (χ1v) is 6.45. The lowest BCUT2D eigenvalue weighted by atomic mass is 9.64. The monoisotopic (exact) mass is 253 g/mol. The van der Waals surface area contributed by atoms with Gasteiger partial charge in [0.05, 0.1) is 6.10 Å². The summed E-state index contributed by atoms with van der Waals surface area (Å²) in [5.74, 6) is 0. The number of hydrogen-bond acceptors (Lipinski definition) is 2. The van der Waals surface area contributed by atoms with Gasteiger partial charge < -0.3 is 10.4 Å². The lowest BCUT2D eigenvalue weighted by molar-refractivity contribution is -0.0729. The van der Waals surface area contributed by atoms with E-state index in [1.54, 1.807) is 0 Å². The summed E-state index contributed by atoms with van der Waals surface area (Å²) < 4.78 is 0. The maximum Gasteiger partial charge on any atom is 0.0621 e. The van der Waals surface area contributed by atoms with Crippen LogP contribution in [0.4, 0.5) is 0 Å². The van der Waals surface area contributed by atoms with E-state index < -0.39 is 0 Å². The molecule has 0 amide bonds. The third kappa shape index (κ3) is 2.49. The molecule has 3 heteroatoms. The number of aryl methyl sites for hydroxylation is 1. The standard InChI is InChI=1S/C14H20ClNO/c1-9-6-11(15)5-4-10(9)8-16-12-7-13(17)14(12,2)3/h4-6,12-13,16-17H,7-8H2,1-3H3. The van der Waals surface area contributed by atoms with Gasteiger partial charge in [0, 0.05) is 23.0 Å². The summed E-state index contributed by atoms with van der Waals surface area (Å²) in [4.78, 5) is 0. The fraction of sp³-hybridized carbons (Fsp3) is 0.571. The van der Waals surface area contributed by atoms with E-state index in [1.807, 2.05) is 12.1 Å². The number of aliphatic hydroxyl groups is 1. The molecule has 2 nitrogen and oxygen atoms in total. The minimum atomic E-state index is -0.175. The molecule has 0 bridgehead atoms. The minimum Gasteiger partial charge on any atom is -0.392 e. The smallest absolute Gasteiger partial charge is 0.0621 e. The van der Waals surface area contributed by atoms with E-state index in [-0.39, 0.29) is 11.5 Å². The highest BCUT2D eigenvalue weighted by Crippen LogP contribution is 2.40. The Bertz CT molecular complexity index is 417. The number of halogens is 1. The highest BCUT2D eigenvalue weighted by Gasteiger charge is 2.46. The summed E-state index contributed by atoms with van der Waals surface area (Å²) in [6.45, 7) is 7.12. The van der Waals surface area contributed by atoms with Crippen molar-refractivity contribution in [3.63, 3.8) is 0 Å². The van der Waals surface area contributed by atoms with Crippen molar-refractivity contribution in [2.75, 3.05) is 0 Å². The Hall–Kier alpha value is -0.570. The maximum atomic E-state index is 9.68. The van der Waals surface area contributed by atoms with E-state index in [9.17, 15) is 5.11 Å². The van der Waals surface area contributed by atoms with Gasteiger partial charge in [0.2, 0.25) is 0 Å². The first kappa shape index (κ1) is 12.9. The van der Waals surface area contributed by atoms with Crippen LogP contribution in [-0.4, -0.2) is 17.3 Å². The molecule has 94 valence electrons. The van der Waals surface area contributed by atoms with Crippen LogP contribution in [0.5, 0.6) is 0 Å². The average molecular weight is 254 g/mol. The van der Waals surface area contributed by atoms with Gasteiger partial charge in [-0.2, -0.15) is 0 Å². The van der Waals surface area contributed by atoms with Gasteiger partial charge in [-0.15, -0.1) is 0 Å². The predicted molar refractivity (Wildman–Crippen MR) is 71.2 cm³/mol. The molecular formula is C14H20ClNO. The molecule has 1 saturated carbocycles. The molecule has 17 heavy (non-hydrogen) atoms. The van der Waals surface area contributed by atoms with Crippen LogP contribution in [-0.2, 0) is 6.54 Å². The molecule has 0 heterocycles. The maximum absolute atomic E-state index is 9.68. The molecule has 1 fully saturated rings.